The molecular formula is C17H25O2P. The second-order valence-corrected chi connectivity index (χ2v) is 9.89. The quantitative estimate of drug-likeness (QED) is 0.683. The molecule has 20 heavy (non-hydrogen) atoms. The molecule has 1 aromatic carbocycles. The molecule has 1 unspecified atom stereocenters. The molecule has 1 aromatic rings. The Hall–Kier alpha value is -0.850. The highest BCUT2D eigenvalue weighted by molar-refractivity contribution is 7.71. The number of rotatable bonds is 1. The van der Waals surface area contributed by atoms with Gasteiger partial charge in [-0.1, -0.05) is 59.7 Å². The Morgan fingerprint density at radius 1 is 1.00 bits per heavy atom. The van der Waals surface area contributed by atoms with E-state index in [1.807, 2.05) is 30.3 Å². The van der Waals surface area contributed by atoms with Gasteiger partial charge in [-0.2, -0.15) is 0 Å². The first-order valence-corrected chi connectivity index (χ1v) is 8.74. The van der Waals surface area contributed by atoms with E-state index in [0.29, 0.717) is 0 Å². The van der Waals surface area contributed by atoms with Crippen LogP contribution in [0.15, 0.2) is 41.7 Å². The van der Waals surface area contributed by atoms with Crippen LogP contribution in [-0.2, 0) is 9.09 Å². The molecule has 0 aliphatic carbocycles. The lowest BCUT2D eigenvalue weighted by Gasteiger charge is -2.28. The zero-order valence-corrected chi connectivity index (χ0v) is 14.2. The van der Waals surface area contributed by atoms with E-state index in [9.17, 15) is 4.57 Å². The summed E-state index contributed by atoms with van der Waals surface area (Å²) in [5.74, 6) is 0. The zero-order chi connectivity index (χ0) is 15.2. The van der Waals surface area contributed by atoms with E-state index in [0.717, 1.165) is 10.6 Å². The predicted octanol–water partition coefficient (Wildman–Crippen LogP) is 4.96. The lowest BCUT2D eigenvalue weighted by molar-refractivity contribution is 0.143. The minimum Gasteiger partial charge on any atom is -0.314 e. The molecular weight excluding hydrogens is 267 g/mol. The fourth-order valence-corrected chi connectivity index (χ4v) is 5.40. The average Bonchev–Trinajstić information content (AvgIpc) is 2.69. The van der Waals surface area contributed by atoms with Crippen LogP contribution in [0.4, 0.5) is 0 Å². The minimum absolute atomic E-state index is 0.0581. The van der Waals surface area contributed by atoms with E-state index in [4.69, 9.17) is 4.52 Å². The SMILES string of the molecule is CC(C)(C)C1=C[C@H](C(C)(C)C)OP1(=O)c1ccccc1. The molecule has 0 bridgehead atoms. The number of hydrogen-bond acceptors (Lipinski definition) is 2. The van der Waals surface area contributed by atoms with Crippen LogP contribution >= 0.6 is 7.37 Å². The van der Waals surface area contributed by atoms with Gasteiger partial charge in [0.2, 0.25) is 0 Å². The maximum absolute atomic E-state index is 13.6. The van der Waals surface area contributed by atoms with E-state index in [2.05, 4.69) is 47.6 Å². The van der Waals surface area contributed by atoms with Crippen molar-refractivity contribution in [3.8, 4) is 0 Å². The van der Waals surface area contributed by atoms with Crippen molar-refractivity contribution in [3.05, 3.63) is 41.7 Å². The second kappa shape index (κ2) is 4.86. The predicted molar refractivity (Wildman–Crippen MR) is 85.5 cm³/mol. The van der Waals surface area contributed by atoms with Crippen molar-refractivity contribution >= 4 is 12.7 Å². The molecule has 110 valence electrons. The van der Waals surface area contributed by atoms with E-state index in [1.54, 1.807) is 0 Å². The summed E-state index contributed by atoms with van der Waals surface area (Å²) in [6.07, 6.45) is 1.98. The maximum Gasteiger partial charge on any atom is 0.258 e. The van der Waals surface area contributed by atoms with Crippen LogP contribution < -0.4 is 5.30 Å². The van der Waals surface area contributed by atoms with Crippen molar-refractivity contribution in [2.75, 3.05) is 0 Å². The van der Waals surface area contributed by atoms with Crippen LogP contribution in [-0.4, -0.2) is 6.10 Å². The van der Waals surface area contributed by atoms with Gasteiger partial charge in [-0.3, -0.25) is 4.57 Å². The minimum atomic E-state index is -2.95. The number of benzene rings is 1. The second-order valence-electron chi connectivity index (χ2n) is 7.58. The third kappa shape index (κ3) is 2.77. The molecule has 0 spiro atoms. The molecule has 0 saturated carbocycles. The van der Waals surface area contributed by atoms with E-state index in [1.165, 1.54) is 0 Å². The monoisotopic (exact) mass is 292 g/mol. The van der Waals surface area contributed by atoms with Gasteiger partial charge in [0.15, 0.2) is 0 Å². The summed E-state index contributed by atoms with van der Waals surface area (Å²) >= 11 is 0. The summed E-state index contributed by atoms with van der Waals surface area (Å²) in [4.78, 5) is 0. The highest BCUT2D eigenvalue weighted by Gasteiger charge is 2.47. The lowest BCUT2D eigenvalue weighted by Crippen LogP contribution is -2.24. The van der Waals surface area contributed by atoms with Crippen molar-refractivity contribution in [1.82, 2.24) is 0 Å². The molecule has 0 amide bonds. The molecule has 0 saturated heterocycles. The third-order valence-corrected chi connectivity index (χ3v) is 6.56. The Labute approximate surface area is 122 Å². The normalized spacial score (nSPS) is 27.5. The average molecular weight is 292 g/mol. The van der Waals surface area contributed by atoms with Crippen LogP contribution in [0.1, 0.15) is 41.5 Å². The molecule has 0 fully saturated rings. The largest absolute Gasteiger partial charge is 0.314 e. The van der Waals surface area contributed by atoms with E-state index in [-0.39, 0.29) is 16.9 Å². The molecule has 2 atom stereocenters. The van der Waals surface area contributed by atoms with Crippen LogP contribution in [0.25, 0.3) is 0 Å². The molecule has 2 nitrogen and oxygen atoms in total. The first-order valence-electron chi connectivity index (χ1n) is 7.12. The highest BCUT2D eigenvalue weighted by Crippen LogP contribution is 2.66. The van der Waals surface area contributed by atoms with E-state index >= 15 is 0 Å². The summed E-state index contributed by atoms with van der Waals surface area (Å²) in [5.41, 5.74) is -0.219. The van der Waals surface area contributed by atoms with Crippen LogP contribution in [0, 0.1) is 10.8 Å². The molecule has 0 aromatic heterocycles. The Bertz CT molecular complexity index is 559. The standard InChI is InChI=1S/C17H25O2P/c1-16(2,3)14-12-15(17(4,5)6)20(18,19-14)13-10-8-7-9-11-13/h7-12,14H,1-6H3/t14-,20?/m1/s1. The van der Waals surface area contributed by atoms with Crippen molar-refractivity contribution in [3.63, 3.8) is 0 Å². The molecule has 1 aliphatic heterocycles. The van der Waals surface area contributed by atoms with Gasteiger partial charge in [0, 0.05) is 10.6 Å². The lowest BCUT2D eigenvalue weighted by atomic mass is 9.86. The van der Waals surface area contributed by atoms with Gasteiger partial charge in [-0.25, -0.2) is 0 Å². The first kappa shape index (κ1) is 15.5. The summed E-state index contributed by atoms with van der Waals surface area (Å²) in [6, 6.07) is 9.59. The maximum atomic E-state index is 13.6. The summed E-state index contributed by atoms with van der Waals surface area (Å²) in [5, 5.41) is 1.74. The van der Waals surface area contributed by atoms with Crippen molar-refractivity contribution < 1.29 is 9.09 Å². The summed E-state index contributed by atoms with van der Waals surface area (Å²) < 4.78 is 19.7. The first-order chi connectivity index (χ1) is 9.05. The van der Waals surface area contributed by atoms with Gasteiger partial charge in [0.05, 0.1) is 6.10 Å². The van der Waals surface area contributed by atoms with Crippen LogP contribution in [0.5, 0.6) is 0 Å². The summed E-state index contributed by atoms with van der Waals surface area (Å²) in [6.45, 7) is 12.7. The van der Waals surface area contributed by atoms with Gasteiger partial charge >= 0.3 is 0 Å². The van der Waals surface area contributed by atoms with Crippen LogP contribution in [0.2, 0.25) is 0 Å². The molecule has 1 heterocycles. The smallest absolute Gasteiger partial charge is 0.258 e. The van der Waals surface area contributed by atoms with Crippen molar-refractivity contribution in [1.29, 1.82) is 0 Å². The van der Waals surface area contributed by atoms with Crippen LogP contribution in [0.3, 0.4) is 0 Å². The molecule has 1 aliphatic rings. The Morgan fingerprint density at radius 2 is 1.55 bits per heavy atom. The molecule has 0 N–H and O–H groups in total. The Morgan fingerprint density at radius 3 is 2.00 bits per heavy atom. The van der Waals surface area contributed by atoms with Crippen molar-refractivity contribution in [2.24, 2.45) is 10.8 Å². The Balaban J connectivity index is 2.54. The van der Waals surface area contributed by atoms with Crippen molar-refractivity contribution in [2.45, 2.75) is 47.6 Å². The fraction of sp³-hybridized carbons (Fsp3) is 0.529. The molecule has 3 heteroatoms. The summed E-state index contributed by atoms with van der Waals surface area (Å²) in [7, 11) is -2.95. The highest BCUT2D eigenvalue weighted by atomic mass is 31.2. The number of hydrogen-bond donors (Lipinski definition) is 0. The van der Waals surface area contributed by atoms with Gasteiger partial charge < -0.3 is 4.52 Å². The molecule has 2 rings (SSSR count). The topological polar surface area (TPSA) is 26.3 Å². The molecule has 0 radical (unpaired) electrons. The van der Waals surface area contributed by atoms with E-state index < -0.39 is 7.37 Å². The van der Waals surface area contributed by atoms with Gasteiger partial charge in [-0.15, -0.1) is 0 Å². The van der Waals surface area contributed by atoms with Gasteiger partial charge in [0.25, 0.3) is 7.37 Å². The van der Waals surface area contributed by atoms with Gasteiger partial charge in [0.1, 0.15) is 0 Å². The van der Waals surface area contributed by atoms with Gasteiger partial charge in [-0.05, 0) is 29.0 Å². The fourth-order valence-electron chi connectivity index (χ4n) is 2.41. The Kier molecular flexibility index (Phi) is 3.77. The zero-order valence-electron chi connectivity index (χ0n) is 13.3. The number of allylic oxidation sites excluding steroid dienone is 1. The third-order valence-electron chi connectivity index (χ3n) is 3.61.